The van der Waals surface area contributed by atoms with Gasteiger partial charge in [-0.2, -0.15) is 0 Å². The van der Waals surface area contributed by atoms with Crippen LogP contribution in [0, 0.1) is 10.1 Å². The summed E-state index contributed by atoms with van der Waals surface area (Å²) in [6.07, 6.45) is 3.12. The largest absolute Gasteiger partial charge is 0.421 e. The second kappa shape index (κ2) is 7.82. The summed E-state index contributed by atoms with van der Waals surface area (Å²) in [6, 6.07) is 12.5. The maximum atomic E-state index is 12.4. The van der Waals surface area contributed by atoms with Gasteiger partial charge in [-0.25, -0.2) is 4.79 Å². The molecule has 1 heterocycles. The number of amides is 1. The second-order valence-corrected chi connectivity index (χ2v) is 6.18. The number of nitro groups is 1. The van der Waals surface area contributed by atoms with Crippen molar-refractivity contribution in [3.63, 3.8) is 0 Å². The fourth-order valence-corrected chi connectivity index (χ4v) is 2.71. The maximum Gasteiger partial charge on any atom is 0.360 e. The van der Waals surface area contributed by atoms with Gasteiger partial charge in [-0.05, 0) is 42.7 Å². The van der Waals surface area contributed by atoms with E-state index in [9.17, 15) is 19.7 Å². The van der Waals surface area contributed by atoms with Crippen LogP contribution in [0.4, 0.5) is 11.4 Å². The Morgan fingerprint density at radius 2 is 1.89 bits per heavy atom. The summed E-state index contributed by atoms with van der Waals surface area (Å²) in [5, 5.41) is 13.8. The zero-order valence-corrected chi connectivity index (χ0v) is 14.7. The molecule has 27 heavy (non-hydrogen) atoms. The average Bonchev–Trinajstić information content (AvgIpc) is 2.66. The van der Waals surface area contributed by atoms with E-state index in [-0.39, 0.29) is 17.0 Å². The molecule has 0 aliphatic heterocycles. The van der Waals surface area contributed by atoms with Crippen LogP contribution in [0.1, 0.15) is 35.7 Å². The number of aryl methyl sites for hydroxylation is 1. The topological polar surface area (TPSA) is 102 Å². The number of nitrogens with zero attached hydrogens (tertiary/aromatic N) is 1. The Hall–Kier alpha value is -3.48. The molecule has 3 rings (SSSR count). The van der Waals surface area contributed by atoms with Crippen molar-refractivity contribution in [1.82, 2.24) is 0 Å². The molecule has 2 aromatic carbocycles. The summed E-state index contributed by atoms with van der Waals surface area (Å²) in [6.45, 7) is 2.12. The molecule has 0 bridgehead atoms. The third-order valence-electron chi connectivity index (χ3n) is 4.21. The first-order chi connectivity index (χ1) is 13.0. The van der Waals surface area contributed by atoms with Gasteiger partial charge in [-0.3, -0.25) is 14.9 Å². The van der Waals surface area contributed by atoms with E-state index in [4.69, 9.17) is 4.42 Å². The van der Waals surface area contributed by atoms with Gasteiger partial charge in [0.15, 0.2) is 0 Å². The van der Waals surface area contributed by atoms with Crippen molar-refractivity contribution < 1.29 is 14.1 Å². The number of carbonyl (C=O) groups excluding carboxylic acids is 1. The van der Waals surface area contributed by atoms with Crippen LogP contribution in [0.3, 0.4) is 0 Å². The van der Waals surface area contributed by atoms with Gasteiger partial charge < -0.3 is 9.73 Å². The summed E-state index contributed by atoms with van der Waals surface area (Å²) >= 11 is 0. The van der Waals surface area contributed by atoms with E-state index in [2.05, 4.69) is 12.2 Å². The first-order valence-corrected chi connectivity index (χ1v) is 8.60. The molecule has 0 aliphatic rings. The highest BCUT2D eigenvalue weighted by atomic mass is 16.6. The van der Waals surface area contributed by atoms with Gasteiger partial charge in [-0.1, -0.05) is 25.5 Å². The number of rotatable bonds is 6. The molecule has 0 saturated heterocycles. The Balaban J connectivity index is 1.84. The molecule has 3 aromatic rings. The number of unbranched alkanes of at least 4 members (excludes halogenated alkanes) is 1. The number of carbonyl (C=O) groups is 1. The molecule has 0 atom stereocenters. The van der Waals surface area contributed by atoms with Crippen molar-refractivity contribution in [3.8, 4) is 0 Å². The summed E-state index contributed by atoms with van der Waals surface area (Å²) in [4.78, 5) is 34.8. The Morgan fingerprint density at radius 1 is 1.15 bits per heavy atom. The predicted molar refractivity (Wildman–Crippen MR) is 102 cm³/mol. The Morgan fingerprint density at radius 3 is 2.56 bits per heavy atom. The molecule has 1 amide bonds. The van der Waals surface area contributed by atoms with E-state index in [0.717, 1.165) is 24.8 Å². The van der Waals surface area contributed by atoms with Gasteiger partial charge in [-0.15, -0.1) is 0 Å². The number of fused-ring (bicyclic) bond motifs is 1. The van der Waals surface area contributed by atoms with E-state index in [1.165, 1.54) is 24.3 Å². The highest BCUT2D eigenvalue weighted by Crippen LogP contribution is 2.22. The molecule has 0 fully saturated rings. The molecule has 1 aromatic heterocycles. The molecule has 0 spiro atoms. The summed E-state index contributed by atoms with van der Waals surface area (Å²) in [5.41, 5.74) is 0.854. The zero-order valence-electron chi connectivity index (χ0n) is 14.7. The van der Waals surface area contributed by atoms with Gasteiger partial charge in [0, 0.05) is 23.1 Å². The molecule has 7 heteroatoms. The summed E-state index contributed by atoms with van der Waals surface area (Å²) < 4.78 is 5.13. The summed E-state index contributed by atoms with van der Waals surface area (Å²) in [7, 11) is 0. The number of hydrogen-bond acceptors (Lipinski definition) is 5. The Bertz CT molecular complexity index is 1050. The van der Waals surface area contributed by atoms with Crippen LogP contribution in [0.15, 0.2) is 57.7 Å². The smallest absolute Gasteiger partial charge is 0.360 e. The fourth-order valence-electron chi connectivity index (χ4n) is 2.71. The van der Waals surface area contributed by atoms with Crippen LogP contribution < -0.4 is 10.9 Å². The van der Waals surface area contributed by atoms with Crippen LogP contribution in [-0.2, 0) is 6.42 Å². The van der Waals surface area contributed by atoms with Crippen molar-refractivity contribution in [1.29, 1.82) is 0 Å². The summed E-state index contributed by atoms with van der Waals surface area (Å²) in [5.74, 6) is -0.450. The second-order valence-electron chi connectivity index (χ2n) is 6.18. The molecule has 1 N–H and O–H groups in total. The number of hydrogen-bond donors (Lipinski definition) is 1. The zero-order chi connectivity index (χ0) is 19.4. The minimum atomic E-state index is -0.718. The normalized spacial score (nSPS) is 10.7. The fraction of sp³-hybridized carbons (Fsp3) is 0.200. The first-order valence-electron chi connectivity index (χ1n) is 8.60. The van der Waals surface area contributed by atoms with Crippen molar-refractivity contribution in [2.24, 2.45) is 0 Å². The SMILES string of the molecule is CCCCc1ccc(C(=O)Nc2cc3cc([N+](=O)[O-])ccc3oc2=O)cc1. The van der Waals surface area contributed by atoms with E-state index in [0.29, 0.717) is 10.9 Å². The molecular formula is C20H18N2O5. The van der Waals surface area contributed by atoms with Crippen LogP contribution >= 0.6 is 0 Å². The molecule has 0 aliphatic carbocycles. The minimum Gasteiger partial charge on any atom is -0.421 e. The quantitative estimate of drug-likeness (QED) is 0.398. The molecule has 0 unspecified atom stereocenters. The van der Waals surface area contributed by atoms with Crippen molar-refractivity contribution in [2.75, 3.05) is 5.32 Å². The highest BCUT2D eigenvalue weighted by Gasteiger charge is 2.13. The van der Waals surface area contributed by atoms with Gasteiger partial charge in [0.25, 0.3) is 11.6 Å². The molecule has 0 radical (unpaired) electrons. The average molecular weight is 366 g/mol. The molecule has 0 saturated carbocycles. The van der Waals surface area contributed by atoms with E-state index in [1.54, 1.807) is 12.1 Å². The van der Waals surface area contributed by atoms with Gasteiger partial charge >= 0.3 is 5.63 Å². The monoisotopic (exact) mass is 366 g/mol. The van der Waals surface area contributed by atoms with Crippen molar-refractivity contribution >= 4 is 28.3 Å². The number of benzene rings is 2. The Kier molecular flexibility index (Phi) is 5.30. The number of nitrogens with one attached hydrogen (secondary N) is 1. The third kappa shape index (κ3) is 4.20. The number of anilines is 1. The standard InChI is InChI=1S/C20H18N2O5/c1-2-3-4-13-5-7-14(8-6-13)19(23)21-17-12-15-11-16(22(25)26)9-10-18(15)27-20(17)24/h5-12H,2-4H2,1H3,(H,21,23). The third-order valence-corrected chi connectivity index (χ3v) is 4.21. The van der Waals surface area contributed by atoms with E-state index in [1.807, 2.05) is 12.1 Å². The van der Waals surface area contributed by atoms with Gasteiger partial charge in [0.2, 0.25) is 0 Å². The molecule has 138 valence electrons. The molecular weight excluding hydrogens is 348 g/mol. The van der Waals surface area contributed by atoms with E-state index >= 15 is 0 Å². The van der Waals surface area contributed by atoms with Gasteiger partial charge in [0.05, 0.1) is 4.92 Å². The van der Waals surface area contributed by atoms with Gasteiger partial charge in [0.1, 0.15) is 11.3 Å². The predicted octanol–water partition coefficient (Wildman–Crippen LogP) is 4.30. The van der Waals surface area contributed by atoms with Crippen LogP contribution in [0.25, 0.3) is 11.0 Å². The maximum absolute atomic E-state index is 12.4. The van der Waals surface area contributed by atoms with Crippen molar-refractivity contribution in [3.05, 3.63) is 80.2 Å². The first kappa shape index (κ1) is 18.3. The lowest BCUT2D eigenvalue weighted by atomic mass is 10.1. The lowest BCUT2D eigenvalue weighted by Crippen LogP contribution is -2.17. The van der Waals surface area contributed by atoms with Crippen LogP contribution in [0.5, 0.6) is 0 Å². The van der Waals surface area contributed by atoms with Crippen molar-refractivity contribution in [2.45, 2.75) is 26.2 Å². The van der Waals surface area contributed by atoms with Crippen LogP contribution in [0.2, 0.25) is 0 Å². The van der Waals surface area contributed by atoms with E-state index < -0.39 is 16.5 Å². The minimum absolute atomic E-state index is 0.0666. The number of nitro benzene ring substituents is 1. The Labute approximate surface area is 154 Å². The lowest BCUT2D eigenvalue weighted by Gasteiger charge is -2.06. The highest BCUT2D eigenvalue weighted by molar-refractivity contribution is 6.04. The molecule has 7 nitrogen and oxygen atoms in total. The lowest BCUT2D eigenvalue weighted by molar-refractivity contribution is -0.384. The number of non-ortho nitro benzene ring substituents is 1. The van der Waals surface area contributed by atoms with Crippen LogP contribution in [-0.4, -0.2) is 10.8 Å².